The Morgan fingerprint density at radius 1 is 1.12 bits per heavy atom. The topological polar surface area (TPSA) is 73.8 Å². The molecule has 0 saturated carbocycles. The normalized spacial score (nSPS) is 35.2. The monoisotopic (exact) mass is 386 g/mol. The summed E-state index contributed by atoms with van der Waals surface area (Å²) >= 11 is 0. The molecule has 24 heavy (non-hydrogen) atoms. The average molecular weight is 386 g/mol. The molecule has 1 spiro atoms. The molecule has 3 atom stereocenters. The van der Waals surface area contributed by atoms with Crippen molar-refractivity contribution in [3.63, 3.8) is 0 Å². The molecule has 0 N–H and O–H groups in total. The van der Waals surface area contributed by atoms with Gasteiger partial charge in [-0.2, -0.15) is 0 Å². The predicted molar refractivity (Wildman–Crippen MR) is 89.0 cm³/mol. The molecule has 10 heteroatoms. The average Bonchev–Trinajstić information content (AvgIpc) is 2.60. The molecule has 2 saturated heterocycles. The van der Waals surface area contributed by atoms with Gasteiger partial charge in [-0.25, -0.2) is 0 Å². The molecule has 0 aromatic rings. The van der Waals surface area contributed by atoms with Crippen LogP contribution in [-0.4, -0.2) is 52.7 Å². The van der Waals surface area contributed by atoms with E-state index in [9.17, 15) is 0 Å². The van der Waals surface area contributed by atoms with Crippen molar-refractivity contribution in [1.82, 2.24) is 0 Å². The molecule has 0 aliphatic carbocycles. The van der Waals surface area contributed by atoms with Crippen LogP contribution in [-0.2, 0) is 36.6 Å². The maximum Gasteiger partial charge on any atom is 0.337 e. The van der Waals surface area contributed by atoms with E-state index in [4.69, 9.17) is 36.6 Å². The summed E-state index contributed by atoms with van der Waals surface area (Å²) < 4.78 is 45.1. The highest BCUT2D eigenvalue weighted by Crippen LogP contribution is 2.56. The number of rotatable bonds is 9. The lowest BCUT2D eigenvalue weighted by molar-refractivity contribution is -0.227. The molecular weight excluding hydrogens is 358 g/mol. The van der Waals surface area contributed by atoms with E-state index in [1.165, 1.54) is 0 Å². The first-order valence-corrected chi connectivity index (χ1v) is 10.4. The van der Waals surface area contributed by atoms with Crippen molar-refractivity contribution in [2.24, 2.45) is 5.41 Å². The standard InChI is InChI=1S/C14H28O8P2/c1-5-7-8-17-23-18-9-14(10-19-23)11-20-24(21-12(3)15-4)22-13(14)16-6-2/h12-13H,5-11H2,1-4H3. The predicted octanol–water partition coefficient (Wildman–Crippen LogP) is 3.71. The molecule has 2 heterocycles. The van der Waals surface area contributed by atoms with Crippen LogP contribution in [0.1, 0.15) is 33.6 Å². The van der Waals surface area contributed by atoms with Crippen LogP contribution in [0, 0.1) is 5.41 Å². The van der Waals surface area contributed by atoms with Gasteiger partial charge in [0.15, 0.2) is 12.6 Å². The number of ether oxygens (including phenoxy) is 2. The summed E-state index contributed by atoms with van der Waals surface area (Å²) in [4.78, 5) is 0. The van der Waals surface area contributed by atoms with Crippen LogP contribution >= 0.6 is 17.2 Å². The van der Waals surface area contributed by atoms with Crippen molar-refractivity contribution < 1.29 is 36.6 Å². The number of methoxy groups -OCH3 is 1. The van der Waals surface area contributed by atoms with Crippen LogP contribution in [0.25, 0.3) is 0 Å². The fraction of sp³-hybridized carbons (Fsp3) is 1.00. The first-order chi connectivity index (χ1) is 11.6. The van der Waals surface area contributed by atoms with E-state index in [-0.39, 0.29) is 0 Å². The van der Waals surface area contributed by atoms with Gasteiger partial charge in [-0.05, 0) is 20.3 Å². The van der Waals surface area contributed by atoms with Crippen LogP contribution < -0.4 is 0 Å². The van der Waals surface area contributed by atoms with Crippen molar-refractivity contribution in [3.05, 3.63) is 0 Å². The summed E-state index contributed by atoms with van der Waals surface area (Å²) in [6.45, 7) is 8.14. The fourth-order valence-electron chi connectivity index (χ4n) is 2.07. The Kier molecular flexibility index (Phi) is 9.23. The molecule has 0 aromatic carbocycles. The minimum absolute atomic E-state index is 0.373. The van der Waals surface area contributed by atoms with Crippen LogP contribution in [0.4, 0.5) is 0 Å². The van der Waals surface area contributed by atoms with E-state index in [1.54, 1.807) is 14.0 Å². The molecule has 0 aromatic heterocycles. The quantitative estimate of drug-likeness (QED) is 0.337. The summed E-state index contributed by atoms with van der Waals surface area (Å²) in [6.07, 6.45) is 1.14. The summed E-state index contributed by atoms with van der Waals surface area (Å²) in [5.41, 5.74) is -0.512. The minimum Gasteiger partial charge on any atom is -0.356 e. The molecule has 2 fully saturated rings. The van der Waals surface area contributed by atoms with Gasteiger partial charge in [0.2, 0.25) is 0 Å². The molecule has 2 aliphatic rings. The highest BCUT2D eigenvalue weighted by Gasteiger charge is 2.52. The van der Waals surface area contributed by atoms with Gasteiger partial charge in [0.25, 0.3) is 0 Å². The molecule has 2 rings (SSSR count). The molecular formula is C14H28O8P2. The van der Waals surface area contributed by atoms with E-state index in [2.05, 4.69) is 6.92 Å². The summed E-state index contributed by atoms with van der Waals surface area (Å²) in [6, 6.07) is 0. The van der Waals surface area contributed by atoms with E-state index in [1.807, 2.05) is 6.92 Å². The Labute approximate surface area is 146 Å². The number of unbranched alkanes of at least 4 members (excludes halogenated alkanes) is 1. The Morgan fingerprint density at radius 2 is 1.79 bits per heavy atom. The smallest absolute Gasteiger partial charge is 0.337 e. The van der Waals surface area contributed by atoms with E-state index in [0.29, 0.717) is 33.0 Å². The van der Waals surface area contributed by atoms with Gasteiger partial charge >= 0.3 is 17.2 Å². The number of hydrogen-bond donors (Lipinski definition) is 0. The number of hydrogen-bond acceptors (Lipinski definition) is 8. The zero-order chi connectivity index (χ0) is 17.4. The van der Waals surface area contributed by atoms with Gasteiger partial charge in [-0.15, -0.1) is 0 Å². The van der Waals surface area contributed by atoms with Crippen LogP contribution in [0.3, 0.4) is 0 Å². The molecule has 0 bridgehead atoms. The lowest BCUT2D eigenvalue weighted by Gasteiger charge is -2.46. The maximum atomic E-state index is 5.85. The second kappa shape index (κ2) is 10.6. The molecule has 0 radical (unpaired) electrons. The van der Waals surface area contributed by atoms with Crippen molar-refractivity contribution in [2.45, 2.75) is 46.2 Å². The summed E-state index contributed by atoms with van der Waals surface area (Å²) in [5.74, 6) is 0. The van der Waals surface area contributed by atoms with Gasteiger partial charge in [0, 0.05) is 13.7 Å². The lowest BCUT2D eigenvalue weighted by Crippen LogP contribution is -2.52. The van der Waals surface area contributed by atoms with Gasteiger partial charge in [-0.3, -0.25) is 9.05 Å². The van der Waals surface area contributed by atoms with Gasteiger partial charge in [0.1, 0.15) is 0 Å². The van der Waals surface area contributed by atoms with Crippen molar-refractivity contribution in [3.8, 4) is 0 Å². The first kappa shape index (κ1) is 20.8. The highest BCUT2D eigenvalue weighted by molar-refractivity contribution is 7.42. The van der Waals surface area contributed by atoms with Crippen molar-refractivity contribution >= 4 is 17.2 Å². The molecule has 3 unspecified atom stereocenters. The van der Waals surface area contributed by atoms with Crippen LogP contribution in [0.15, 0.2) is 0 Å². The summed E-state index contributed by atoms with van der Waals surface area (Å²) in [7, 11) is -1.27. The third kappa shape index (κ3) is 5.78. The second-order valence-electron chi connectivity index (χ2n) is 5.62. The molecule has 0 amide bonds. The minimum atomic E-state index is -1.53. The molecule has 8 nitrogen and oxygen atoms in total. The lowest BCUT2D eigenvalue weighted by atomic mass is 9.90. The van der Waals surface area contributed by atoms with Crippen molar-refractivity contribution in [2.75, 3.05) is 40.1 Å². The summed E-state index contributed by atoms with van der Waals surface area (Å²) in [5, 5.41) is 0. The molecule has 142 valence electrons. The Bertz CT molecular complexity index is 354. The second-order valence-corrected chi connectivity index (χ2v) is 7.97. The maximum absolute atomic E-state index is 5.85. The SMILES string of the molecule is CCCCOP1OCC2(CO1)COP(OC(C)OC)OC2OCC. The zero-order valence-electron chi connectivity index (χ0n) is 14.8. The van der Waals surface area contributed by atoms with E-state index in [0.717, 1.165) is 12.8 Å². The Hall–Kier alpha value is 0.540. The third-order valence-electron chi connectivity index (χ3n) is 3.63. The van der Waals surface area contributed by atoms with Crippen molar-refractivity contribution in [1.29, 1.82) is 0 Å². The van der Waals surface area contributed by atoms with Gasteiger partial charge in [0.05, 0.1) is 31.8 Å². The van der Waals surface area contributed by atoms with Gasteiger partial charge in [-0.1, -0.05) is 13.3 Å². The largest absolute Gasteiger partial charge is 0.356 e. The highest BCUT2D eigenvalue weighted by atomic mass is 31.2. The first-order valence-electron chi connectivity index (χ1n) is 8.23. The molecule has 2 aliphatic heterocycles. The Balaban J connectivity index is 1.87. The van der Waals surface area contributed by atoms with Crippen LogP contribution in [0.2, 0.25) is 0 Å². The van der Waals surface area contributed by atoms with Crippen LogP contribution in [0.5, 0.6) is 0 Å². The Morgan fingerprint density at radius 3 is 2.38 bits per heavy atom. The van der Waals surface area contributed by atoms with E-state index < -0.39 is 35.2 Å². The van der Waals surface area contributed by atoms with Gasteiger partial charge < -0.3 is 27.6 Å². The zero-order valence-corrected chi connectivity index (χ0v) is 16.6. The van der Waals surface area contributed by atoms with E-state index >= 15 is 0 Å². The third-order valence-corrected chi connectivity index (χ3v) is 5.88. The fourth-order valence-corrected chi connectivity index (χ4v) is 4.60.